The van der Waals surface area contributed by atoms with E-state index >= 15 is 0 Å². The number of nitrogen functional groups attached to an aromatic ring is 1. The first-order valence-corrected chi connectivity index (χ1v) is 10.9. The van der Waals surface area contributed by atoms with Gasteiger partial charge >= 0.3 is 0 Å². The van der Waals surface area contributed by atoms with Crippen LogP contribution in [0.25, 0.3) is 22.5 Å². The van der Waals surface area contributed by atoms with E-state index < -0.39 is 0 Å². The van der Waals surface area contributed by atoms with E-state index in [2.05, 4.69) is 26.7 Å². The van der Waals surface area contributed by atoms with Gasteiger partial charge in [0.05, 0.1) is 17.9 Å². The summed E-state index contributed by atoms with van der Waals surface area (Å²) in [6.07, 6.45) is 3.41. The number of hydrogen-bond acceptors (Lipinski definition) is 4. The van der Waals surface area contributed by atoms with Crippen molar-refractivity contribution in [2.75, 3.05) is 5.73 Å². The van der Waals surface area contributed by atoms with Crippen LogP contribution in [0.1, 0.15) is 5.69 Å². The first kappa shape index (κ1) is 26.1. The highest BCUT2D eigenvalue weighted by atomic mass is 35.5. The van der Waals surface area contributed by atoms with Gasteiger partial charge in [-0.3, -0.25) is 4.98 Å². The molecule has 0 atom stereocenters. The Hall–Kier alpha value is -3.51. The van der Waals surface area contributed by atoms with E-state index in [1.807, 2.05) is 72.8 Å². The molecular formula is C27H23Cl3N4O. The van der Waals surface area contributed by atoms with E-state index in [0.29, 0.717) is 17.4 Å². The third kappa shape index (κ3) is 5.95. The number of nitrogens with two attached hydrogens (primary N) is 1. The molecule has 2 aromatic carbocycles. The van der Waals surface area contributed by atoms with Gasteiger partial charge in [-0.25, -0.2) is 4.98 Å². The Morgan fingerprint density at radius 3 is 2.14 bits per heavy atom. The third-order valence-corrected chi connectivity index (χ3v) is 5.64. The van der Waals surface area contributed by atoms with Crippen molar-refractivity contribution in [2.45, 2.75) is 6.54 Å². The zero-order valence-electron chi connectivity index (χ0n) is 18.5. The molecule has 0 aliphatic carbocycles. The maximum absolute atomic E-state index is 6.54. The Balaban J connectivity index is 0.00000171. The minimum absolute atomic E-state index is 0. The van der Waals surface area contributed by atoms with E-state index in [1.54, 1.807) is 18.5 Å². The number of aromatic nitrogens is 3. The number of anilines is 1. The number of rotatable bonds is 6. The Kier molecular flexibility index (Phi) is 8.77. The van der Waals surface area contributed by atoms with Crippen LogP contribution in [0.2, 0.25) is 5.02 Å². The second-order valence-electron chi connectivity index (χ2n) is 7.53. The van der Waals surface area contributed by atoms with E-state index in [0.717, 1.165) is 39.7 Å². The van der Waals surface area contributed by atoms with Crippen molar-refractivity contribution in [1.29, 1.82) is 0 Å². The van der Waals surface area contributed by atoms with Gasteiger partial charge in [0.15, 0.2) is 0 Å². The van der Waals surface area contributed by atoms with Gasteiger partial charge in [-0.15, -0.1) is 24.8 Å². The summed E-state index contributed by atoms with van der Waals surface area (Å²) in [5.41, 5.74) is 10.9. The monoisotopic (exact) mass is 524 g/mol. The summed E-state index contributed by atoms with van der Waals surface area (Å²) in [5, 5.41) is 0.699. The zero-order chi connectivity index (χ0) is 22.6. The van der Waals surface area contributed by atoms with Crippen LogP contribution < -0.4 is 10.5 Å². The van der Waals surface area contributed by atoms with Crippen molar-refractivity contribution in [3.63, 3.8) is 0 Å². The maximum atomic E-state index is 6.54. The van der Waals surface area contributed by atoms with E-state index in [1.165, 1.54) is 0 Å². The molecule has 0 saturated heterocycles. The predicted molar refractivity (Wildman–Crippen MR) is 147 cm³/mol. The topological polar surface area (TPSA) is 66.0 Å². The lowest BCUT2D eigenvalue weighted by molar-refractivity contribution is 0.482. The van der Waals surface area contributed by atoms with Gasteiger partial charge in [-0.1, -0.05) is 35.9 Å². The smallest absolute Gasteiger partial charge is 0.130 e. The molecule has 0 saturated carbocycles. The van der Waals surface area contributed by atoms with E-state index in [4.69, 9.17) is 22.1 Å². The van der Waals surface area contributed by atoms with Crippen molar-refractivity contribution in [3.8, 4) is 34.0 Å². The highest BCUT2D eigenvalue weighted by molar-refractivity contribution is 6.33. The number of benzene rings is 2. The molecule has 0 radical (unpaired) electrons. The van der Waals surface area contributed by atoms with Gasteiger partial charge in [-0.2, -0.15) is 0 Å². The summed E-state index contributed by atoms with van der Waals surface area (Å²) in [4.78, 5) is 8.52. The lowest BCUT2D eigenvalue weighted by atomic mass is 10.1. The molecule has 5 aromatic rings. The SMILES string of the molecule is Cl.Cl.Nc1cccc(Cn2c(-c3ccc(Oc4ccncc4)cc3)ccc2-c2ccccc2Cl)n1. The molecule has 0 aliphatic rings. The lowest BCUT2D eigenvalue weighted by Crippen LogP contribution is -2.06. The van der Waals surface area contributed by atoms with Gasteiger partial charge < -0.3 is 15.0 Å². The molecule has 0 unspecified atom stereocenters. The van der Waals surface area contributed by atoms with Crippen LogP contribution in [0.15, 0.2) is 103 Å². The summed E-state index contributed by atoms with van der Waals surface area (Å²) < 4.78 is 8.12. The van der Waals surface area contributed by atoms with Gasteiger partial charge in [-0.05, 0) is 72.3 Å². The molecular weight excluding hydrogens is 503 g/mol. The fourth-order valence-corrected chi connectivity index (χ4v) is 4.01. The van der Waals surface area contributed by atoms with Crippen LogP contribution in [-0.2, 0) is 6.54 Å². The van der Waals surface area contributed by atoms with Crippen molar-refractivity contribution < 1.29 is 4.74 Å². The molecule has 0 bridgehead atoms. The van der Waals surface area contributed by atoms with Crippen molar-refractivity contribution in [1.82, 2.24) is 14.5 Å². The Morgan fingerprint density at radius 2 is 1.43 bits per heavy atom. The maximum Gasteiger partial charge on any atom is 0.130 e. The molecule has 5 nitrogen and oxygen atoms in total. The van der Waals surface area contributed by atoms with Crippen molar-refractivity contribution in [2.24, 2.45) is 0 Å². The second kappa shape index (κ2) is 11.8. The van der Waals surface area contributed by atoms with E-state index in [-0.39, 0.29) is 24.8 Å². The van der Waals surface area contributed by atoms with Gasteiger partial charge in [0, 0.05) is 28.7 Å². The van der Waals surface area contributed by atoms with Crippen LogP contribution in [0.5, 0.6) is 11.5 Å². The van der Waals surface area contributed by atoms with Crippen LogP contribution in [0.3, 0.4) is 0 Å². The molecule has 5 rings (SSSR count). The quantitative estimate of drug-likeness (QED) is 0.249. The minimum atomic E-state index is 0. The largest absolute Gasteiger partial charge is 0.457 e. The average Bonchev–Trinajstić information content (AvgIpc) is 3.24. The number of ether oxygens (including phenoxy) is 1. The molecule has 0 fully saturated rings. The second-order valence-corrected chi connectivity index (χ2v) is 7.94. The summed E-state index contributed by atoms with van der Waals surface area (Å²) in [6, 6.07) is 29.4. The molecule has 3 heterocycles. The average molecular weight is 526 g/mol. The molecule has 0 amide bonds. The molecule has 3 aromatic heterocycles. The van der Waals surface area contributed by atoms with Crippen molar-refractivity contribution in [3.05, 3.63) is 114 Å². The normalized spacial score (nSPS) is 10.2. The van der Waals surface area contributed by atoms with Crippen LogP contribution >= 0.6 is 36.4 Å². The fraction of sp³-hybridized carbons (Fsp3) is 0.0370. The standard InChI is InChI=1S/C27H21ClN4O.2ClH/c28-24-6-2-1-5-23(24)26-13-12-25(32(26)18-20-4-3-7-27(29)31-20)19-8-10-21(11-9-19)33-22-14-16-30-17-15-22;;/h1-17H,18H2,(H2,29,31);2*1H. The Bertz CT molecular complexity index is 1390. The minimum Gasteiger partial charge on any atom is -0.457 e. The van der Waals surface area contributed by atoms with Crippen LogP contribution in [0.4, 0.5) is 5.82 Å². The summed E-state index contributed by atoms with van der Waals surface area (Å²) in [7, 11) is 0. The van der Waals surface area contributed by atoms with Gasteiger partial charge in [0.1, 0.15) is 17.3 Å². The molecule has 35 heavy (non-hydrogen) atoms. The number of nitrogens with zero attached hydrogens (tertiary/aromatic N) is 3. The predicted octanol–water partition coefficient (Wildman–Crippen LogP) is 7.53. The number of halogens is 3. The fourth-order valence-electron chi connectivity index (χ4n) is 3.78. The summed E-state index contributed by atoms with van der Waals surface area (Å²) in [5.74, 6) is 2.00. The number of hydrogen-bond donors (Lipinski definition) is 1. The Labute approximate surface area is 221 Å². The summed E-state index contributed by atoms with van der Waals surface area (Å²) in [6.45, 7) is 0.559. The highest BCUT2D eigenvalue weighted by Gasteiger charge is 2.15. The van der Waals surface area contributed by atoms with E-state index in [9.17, 15) is 0 Å². The molecule has 8 heteroatoms. The molecule has 178 valence electrons. The third-order valence-electron chi connectivity index (χ3n) is 5.31. The summed E-state index contributed by atoms with van der Waals surface area (Å²) >= 11 is 6.54. The van der Waals surface area contributed by atoms with Crippen LogP contribution in [0, 0.1) is 0 Å². The first-order chi connectivity index (χ1) is 16.2. The zero-order valence-corrected chi connectivity index (χ0v) is 20.9. The molecule has 0 aliphatic heterocycles. The lowest BCUT2D eigenvalue weighted by Gasteiger charge is -2.15. The van der Waals surface area contributed by atoms with Crippen LogP contribution in [-0.4, -0.2) is 14.5 Å². The number of pyridine rings is 2. The van der Waals surface area contributed by atoms with Crippen molar-refractivity contribution >= 4 is 42.2 Å². The molecule has 2 N–H and O–H groups in total. The molecule has 0 spiro atoms. The first-order valence-electron chi connectivity index (χ1n) is 10.5. The van der Waals surface area contributed by atoms with Gasteiger partial charge in [0.25, 0.3) is 0 Å². The highest BCUT2D eigenvalue weighted by Crippen LogP contribution is 2.34. The Morgan fingerprint density at radius 1 is 0.743 bits per heavy atom. The van der Waals surface area contributed by atoms with Gasteiger partial charge in [0.2, 0.25) is 0 Å².